The van der Waals surface area contributed by atoms with Gasteiger partial charge in [0.25, 0.3) is 5.22 Å². The van der Waals surface area contributed by atoms with E-state index in [1.54, 1.807) is 18.2 Å². The molecule has 0 aliphatic heterocycles. The Kier molecular flexibility index (Phi) is 4.12. The molecule has 0 spiro atoms. The van der Waals surface area contributed by atoms with Crippen LogP contribution in [0.15, 0.2) is 51.4 Å². The Morgan fingerprint density at radius 3 is 2.95 bits per heavy atom. The quantitative estimate of drug-likeness (QED) is 0.527. The van der Waals surface area contributed by atoms with E-state index >= 15 is 0 Å². The second kappa shape index (κ2) is 6.19. The highest BCUT2D eigenvalue weighted by Gasteiger charge is 2.13. The molecule has 4 nitrogen and oxygen atoms in total. The molecule has 21 heavy (non-hydrogen) atoms. The molecule has 0 aliphatic rings. The maximum absolute atomic E-state index is 13.1. The first-order valence-corrected chi connectivity index (χ1v) is 7.88. The number of aromatic nitrogens is 2. The average Bonchev–Trinajstić information content (AvgIpc) is 3.16. The number of rotatable bonds is 5. The van der Waals surface area contributed by atoms with Crippen LogP contribution >= 0.6 is 23.1 Å². The molecule has 7 heteroatoms. The summed E-state index contributed by atoms with van der Waals surface area (Å²) in [6.45, 7) is 0. The topological polar surface area (TPSA) is 56.0 Å². The van der Waals surface area contributed by atoms with Gasteiger partial charge in [0.05, 0.1) is 10.6 Å². The van der Waals surface area contributed by atoms with Gasteiger partial charge < -0.3 is 4.42 Å². The lowest BCUT2D eigenvalue weighted by Crippen LogP contribution is -1.98. The van der Waals surface area contributed by atoms with Gasteiger partial charge in [-0.3, -0.25) is 4.79 Å². The Labute approximate surface area is 128 Å². The highest BCUT2D eigenvalue weighted by Crippen LogP contribution is 2.24. The van der Waals surface area contributed by atoms with Gasteiger partial charge in [-0.2, -0.15) is 0 Å². The monoisotopic (exact) mass is 320 g/mol. The Hall–Kier alpha value is -1.99. The molecule has 0 atom stereocenters. The first kappa shape index (κ1) is 14.0. The summed E-state index contributed by atoms with van der Waals surface area (Å²) in [6.07, 6.45) is 0. The summed E-state index contributed by atoms with van der Waals surface area (Å²) in [5.41, 5.74) is 0.513. The number of carbonyl (C=O) groups excluding carboxylic acids is 1. The van der Waals surface area contributed by atoms with E-state index < -0.39 is 0 Å². The van der Waals surface area contributed by atoms with Crippen LogP contribution in [0.2, 0.25) is 0 Å². The van der Waals surface area contributed by atoms with Crippen molar-refractivity contribution in [1.82, 2.24) is 10.2 Å². The largest absolute Gasteiger partial charge is 0.411 e. The fourth-order valence-corrected chi connectivity index (χ4v) is 3.04. The lowest BCUT2D eigenvalue weighted by atomic mass is 10.2. The van der Waals surface area contributed by atoms with Gasteiger partial charge in [0.2, 0.25) is 5.89 Å². The van der Waals surface area contributed by atoms with Gasteiger partial charge in [0, 0.05) is 5.56 Å². The Bertz CT molecular complexity index is 756. The highest BCUT2D eigenvalue weighted by molar-refractivity contribution is 7.99. The third kappa shape index (κ3) is 3.37. The molecule has 3 aromatic rings. The number of benzene rings is 1. The van der Waals surface area contributed by atoms with E-state index in [9.17, 15) is 9.18 Å². The van der Waals surface area contributed by atoms with E-state index in [2.05, 4.69) is 10.2 Å². The standard InChI is InChI=1S/C14H9FN2O2S2/c15-10-4-1-3-9(7-10)13-16-17-14(19-13)21-8-11(18)12-5-2-6-20-12/h1-7H,8H2. The maximum atomic E-state index is 13.1. The number of hydrogen-bond acceptors (Lipinski definition) is 6. The molecule has 0 fully saturated rings. The van der Waals surface area contributed by atoms with Gasteiger partial charge in [0.15, 0.2) is 5.78 Å². The summed E-state index contributed by atoms with van der Waals surface area (Å²) in [6, 6.07) is 9.52. The smallest absolute Gasteiger partial charge is 0.277 e. The van der Waals surface area contributed by atoms with Crippen LogP contribution in [0.1, 0.15) is 9.67 Å². The second-order valence-corrected chi connectivity index (χ2v) is 5.95. The summed E-state index contributed by atoms with van der Waals surface area (Å²) >= 11 is 2.57. The minimum Gasteiger partial charge on any atom is -0.411 e. The zero-order chi connectivity index (χ0) is 14.7. The van der Waals surface area contributed by atoms with Crippen LogP contribution in [0.25, 0.3) is 11.5 Å². The molecule has 2 aromatic heterocycles. The average molecular weight is 320 g/mol. The summed E-state index contributed by atoms with van der Waals surface area (Å²) in [7, 11) is 0. The lowest BCUT2D eigenvalue weighted by molar-refractivity contribution is 0.102. The molecule has 0 bridgehead atoms. The van der Waals surface area contributed by atoms with Crippen molar-refractivity contribution in [2.45, 2.75) is 5.22 Å². The van der Waals surface area contributed by atoms with Crippen molar-refractivity contribution >= 4 is 28.9 Å². The molecule has 0 aliphatic carbocycles. The van der Waals surface area contributed by atoms with Crippen molar-refractivity contribution in [3.05, 3.63) is 52.5 Å². The number of thioether (sulfide) groups is 1. The van der Waals surface area contributed by atoms with Gasteiger partial charge in [-0.25, -0.2) is 4.39 Å². The number of carbonyl (C=O) groups is 1. The number of Topliss-reactive ketones (excluding diaryl/α,β-unsaturated/α-hetero) is 1. The van der Waals surface area contributed by atoms with Crippen molar-refractivity contribution in [2.24, 2.45) is 0 Å². The van der Waals surface area contributed by atoms with Gasteiger partial charge >= 0.3 is 0 Å². The summed E-state index contributed by atoms with van der Waals surface area (Å²) in [5.74, 6) is 0.111. The molecule has 3 rings (SSSR count). The van der Waals surface area contributed by atoms with Crippen molar-refractivity contribution in [1.29, 1.82) is 0 Å². The number of hydrogen-bond donors (Lipinski definition) is 0. The fourth-order valence-electron chi connectivity index (χ4n) is 1.64. The molecule has 0 amide bonds. The Balaban J connectivity index is 1.67. The first-order chi connectivity index (χ1) is 10.2. The second-order valence-electron chi connectivity index (χ2n) is 4.07. The lowest BCUT2D eigenvalue weighted by Gasteiger charge is -1.95. The fraction of sp³-hybridized carbons (Fsp3) is 0.0714. The Morgan fingerprint density at radius 1 is 1.29 bits per heavy atom. The summed E-state index contributed by atoms with van der Waals surface area (Å²) in [5, 5.41) is 9.85. The first-order valence-electron chi connectivity index (χ1n) is 6.01. The number of ketones is 1. The zero-order valence-electron chi connectivity index (χ0n) is 10.7. The molecule has 0 radical (unpaired) electrons. The third-order valence-electron chi connectivity index (χ3n) is 2.60. The molecule has 0 N–H and O–H groups in total. The van der Waals surface area contributed by atoms with Crippen LogP contribution in [0.3, 0.4) is 0 Å². The maximum Gasteiger partial charge on any atom is 0.277 e. The molecule has 0 saturated carbocycles. The van der Waals surface area contributed by atoms with E-state index in [-0.39, 0.29) is 23.2 Å². The summed E-state index contributed by atoms with van der Waals surface area (Å²) < 4.78 is 18.5. The van der Waals surface area contributed by atoms with E-state index in [0.29, 0.717) is 15.7 Å². The van der Waals surface area contributed by atoms with Crippen LogP contribution in [-0.4, -0.2) is 21.7 Å². The molecule has 2 heterocycles. The predicted octanol–water partition coefficient (Wildman–Crippen LogP) is 3.91. The molecule has 1 aromatic carbocycles. The molecule has 0 unspecified atom stereocenters. The molecule has 0 saturated heterocycles. The van der Waals surface area contributed by atoms with E-state index in [1.165, 1.54) is 35.2 Å². The number of halogens is 1. The SMILES string of the molecule is O=C(CSc1nnc(-c2cccc(F)c2)o1)c1cccs1. The third-order valence-corrected chi connectivity index (χ3v) is 4.33. The van der Waals surface area contributed by atoms with Crippen molar-refractivity contribution in [2.75, 3.05) is 5.75 Å². The molecular weight excluding hydrogens is 311 g/mol. The van der Waals surface area contributed by atoms with E-state index in [0.717, 1.165) is 0 Å². The van der Waals surface area contributed by atoms with Crippen LogP contribution in [-0.2, 0) is 0 Å². The van der Waals surface area contributed by atoms with Gasteiger partial charge in [-0.05, 0) is 29.6 Å². The van der Waals surface area contributed by atoms with Crippen molar-refractivity contribution in [3.8, 4) is 11.5 Å². The number of thiophene rings is 1. The predicted molar refractivity (Wildman–Crippen MR) is 79.1 cm³/mol. The van der Waals surface area contributed by atoms with Gasteiger partial charge in [-0.15, -0.1) is 21.5 Å². The normalized spacial score (nSPS) is 10.7. The zero-order valence-corrected chi connectivity index (χ0v) is 12.3. The van der Waals surface area contributed by atoms with E-state index in [4.69, 9.17) is 4.42 Å². The highest BCUT2D eigenvalue weighted by atomic mass is 32.2. The van der Waals surface area contributed by atoms with Crippen molar-refractivity contribution in [3.63, 3.8) is 0 Å². The van der Waals surface area contributed by atoms with Crippen LogP contribution < -0.4 is 0 Å². The van der Waals surface area contributed by atoms with Crippen LogP contribution in [0.5, 0.6) is 0 Å². The van der Waals surface area contributed by atoms with E-state index in [1.807, 2.05) is 11.4 Å². The van der Waals surface area contributed by atoms with Gasteiger partial charge in [0.1, 0.15) is 5.82 Å². The molecular formula is C14H9FN2O2S2. The van der Waals surface area contributed by atoms with Gasteiger partial charge in [-0.1, -0.05) is 23.9 Å². The van der Waals surface area contributed by atoms with Crippen LogP contribution in [0.4, 0.5) is 4.39 Å². The Morgan fingerprint density at radius 2 is 2.19 bits per heavy atom. The number of nitrogens with zero attached hydrogens (tertiary/aromatic N) is 2. The summed E-state index contributed by atoms with van der Waals surface area (Å²) in [4.78, 5) is 12.6. The van der Waals surface area contributed by atoms with Crippen molar-refractivity contribution < 1.29 is 13.6 Å². The van der Waals surface area contributed by atoms with Crippen LogP contribution in [0, 0.1) is 5.82 Å². The minimum absolute atomic E-state index is 0.0144. The molecule has 106 valence electrons. The minimum atomic E-state index is -0.368.